The molecular formula is C18H16ClN5OS. The van der Waals surface area contributed by atoms with E-state index in [4.69, 9.17) is 17.3 Å². The van der Waals surface area contributed by atoms with Crippen molar-refractivity contribution in [1.82, 2.24) is 9.99 Å². The third-order valence-corrected chi connectivity index (χ3v) is 5.34. The molecule has 0 saturated carbocycles. The van der Waals surface area contributed by atoms with Crippen LogP contribution in [0.5, 0.6) is 0 Å². The van der Waals surface area contributed by atoms with E-state index in [1.54, 1.807) is 16.3 Å². The van der Waals surface area contributed by atoms with Gasteiger partial charge in [-0.1, -0.05) is 23.7 Å². The molecule has 3 heterocycles. The van der Waals surface area contributed by atoms with Crippen LogP contribution in [-0.4, -0.2) is 28.3 Å². The van der Waals surface area contributed by atoms with Gasteiger partial charge in [0, 0.05) is 32.7 Å². The van der Waals surface area contributed by atoms with E-state index in [9.17, 15) is 4.79 Å². The second kappa shape index (κ2) is 6.86. The van der Waals surface area contributed by atoms with E-state index in [0.29, 0.717) is 17.4 Å². The molecule has 3 aromatic rings. The summed E-state index contributed by atoms with van der Waals surface area (Å²) in [6.07, 6.45) is 3.68. The lowest BCUT2D eigenvalue weighted by molar-refractivity contribution is -0.119. The second-order valence-corrected chi connectivity index (χ2v) is 7.49. The molecule has 0 fully saturated rings. The van der Waals surface area contributed by atoms with Crippen LogP contribution in [0.2, 0.25) is 5.02 Å². The summed E-state index contributed by atoms with van der Waals surface area (Å²) in [5.74, 6) is 0.279. The van der Waals surface area contributed by atoms with Crippen LogP contribution in [0, 0.1) is 0 Å². The van der Waals surface area contributed by atoms with Crippen LogP contribution in [0.1, 0.15) is 10.4 Å². The number of primary amides is 1. The minimum atomic E-state index is -0.412. The van der Waals surface area contributed by atoms with Crippen LogP contribution in [0.3, 0.4) is 0 Å². The number of carbonyl (C=O) groups is 1. The maximum atomic E-state index is 11.3. The second-order valence-electron chi connectivity index (χ2n) is 5.92. The zero-order chi connectivity index (χ0) is 18.1. The van der Waals surface area contributed by atoms with Crippen LogP contribution in [0.4, 0.5) is 5.69 Å². The number of nitrogens with zero attached hydrogens (tertiary/aromatic N) is 2. The molecule has 4 N–H and O–H groups in total. The molecule has 4 rings (SSSR count). The standard InChI is InChI=1S/C18H16ClN5OS/c19-12-3-1-2-11(6-12)15-7-14-16(26-15)9-24(10-17(20)25)23-18(14)22-13-4-5-21-8-13/h1-8,21H,9-10H2,(H2,20,25)(H,22,23). The van der Waals surface area contributed by atoms with Gasteiger partial charge in [-0.05, 0) is 29.8 Å². The summed E-state index contributed by atoms with van der Waals surface area (Å²) >= 11 is 7.79. The van der Waals surface area contributed by atoms with Crippen molar-refractivity contribution < 1.29 is 4.79 Å². The number of hydrazone groups is 1. The maximum absolute atomic E-state index is 11.3. The number of halogens is 1. The van der Waals surface area contributed by atoms with Crippen LogP contribution in [0.15, 0.2) is 53.9 Å². The largest absolute Gasteiger partial charge is 0.368 e. The molecule has 0 saturated heterocycles. The summed E-state index contributed by atoms with van der Waals surface area (Å²) in [5, 5.41) is 10.2. The van der Waals surface area contributed by atoms with Crippen molar-refractivity contribution in [2.24, 2.45) is 10.8 Å². The molecule has 6 nitrogen and oxygen atoms in total. The molecule has 8 heteroatoms. The number of nitrogens with two attached hydrogens (primary N) is 1. The monoisotopic (exact) mass is 385 g/mol. The molecule has 1 aliphatic heterocycles. The fourth-order valence-electron chi connectivity index (χ4n) is 2.83. The van der Waals surface area contributed by atoms with Crippen molar-refractivity contribution >= 4 is 40.4 Å². The highest BCUT2D eigenvalue weighted by atomic mass is 35.5. The first-order valence-electron chi connectivity index (χ1n) is 7.99. The van der Waals surface area contributed by atoms with Gasteiger partial charge in [0.05, 0.1) is 12.2 Å². The van der Waals surface area contributed by atoms with Crippen LogP contribution >= 0.6 is 22.9 Å². The Bertz CT molecular complexity index is 979. The lowest BCUT2D eigenvalue weighted by Gasteiger charge is -2.24. The van der Waals surface area contributed by atoms with Gasteiger partial charge < -0.3 is 16.0 Å². The number of amidine groups is 1. The Morgan fingerprint density at radius 2 is 2.27 bits per heavy atom. The third-order valence-electron chi connectivity index (χ3n) is 3.94. The van der Waals surface area contributed by atoms with E-state index in [-0.39, 0.29) is 6.54 Å². The summed E-state index contributed by atoms with van der Waals surface area (Å²) in [4.78, 5) is 16.6. The minimum Gasteiger partial charge on any atom is -0.368 e. The number of carbonyl (C=O) groups excluding carboxylic acids is 1. The fourth-order valence-corrected chi connectivity index (χ4v) is 4.19. The molecule has 0 bridgehead atoms. The van der Waals surface area contributed by atoms with E-state index >= 15 is 0 Å². The normalized spacial score (nSPS) is 13.3. The quantitative estimate of drug-likeness (QED) is 0.642. The van der Waals surface area contributed by atoms with Crippen LogP contribution in [-0.2, 0) is 11.3 Å². The highest BCUT2D eigenvalue weighted by Gasteiger charge is 2.24. The number of H-pyrrole nitrogens is 1. The number of amides is 1. The Morgan fingerprint density at radius 3 is 3.00 bits per heavy atom. The fraction of sp³-hybridized carbons (Fsp3) is 0.111. The summed E-state index contributed by atoms with van der Waals surface area (Å²) < 4.78 is 0. The first-order valence-corrected chi connectivity index (χ1v) is 9.18. The Morgan fingerprint density at radius 1 is 1.38 bits per heavy atom. The Hall–Kier alpha value is -2.77. The maximum Gasteiger partial charge on any atom is 0.238 e. The molecule has 0 unspecified atom stereocenters. The highest BCUT2D eigenvalue weighted by molar-refractivity contribution is 7.15. The predicted octanol–water partition coefficient (Wildman–Crippen LogP) is 3.47. The molecule has 0 radical (unpaired) electrons. The van der Waals surface area contributed by atoms with Gasteiger partial charge in [0.2, 0.25) is 5.91 Å². The molecular weight excluding hydrogens is 370 g/mol. The molecule has 1 aliphatic rings. The average Bonchev–Trinajstić information content (AvgIpc) is 3.23. The topological polar surface area (TPSA) is 86.5 Å². The number of hydrogen-bond acceptors (Lipinski definition) is 5. The number of fused-ring (bicyclic) bond motifs is 1. The van der Waals surface area contributed by atoms with Crippen molar-refractivity contribution in [3.63, 3.8) is 0 Å². The number of benzene rings is 1. The van der Waals surface area contributed by atoms with E-state index in [2.05, 4.69) is 21.5 Å². The van der Waals surface area contributed by atoms with Crippen molar-refractivity contribution in [2.75, 3.05) is 11.9 Å². The van der Waals surface area contributed by atoms with Gasteiger partial charge in [-0.25, -0.2) is 0 Å². The van der Waals surface area contributed by atoms with Crippen molar-refractivity contribution in [3.8, 4) is 10.4 Å². The van der Waals surface area contributed by atoms with Gasteiger partial charge in [0.25, 0.3) is 0 Å². The van der Waals surface area contributed by atoms with Gasteiger partial charge >= 0.3 is 0 Å². The number of thiophene rings is 1. The predicted molar refractivity (Wildman–Crippen MR) is 105 cm³/mol. The number of aromatic amines is 1. The lowest BCUT2D eigenvalue weighted by Crippen LogP contribution is -2.34. The summed E-state index contributed by atoms with van der Waals surface area (Å²) in [6.45, 7) is 0.615. The number of nitrogens with one attached hydrogen (secondary N) is 2. The molecule has 0 spiro atoms. The molecule has 1 amide bonds. The van der Waals surface area contributed by atoms with Gasteiger partial charge in [-0.3, -0.25) is 9.80 Å². The van der Waals surface area contributed by atoms with E-state index in [1.807, 2.05) is 42.7 Å². The summed E-state index contributed by atoms with van der Waals surface area (Å²) in [5.41, 5.74) is 8.32. The van der Waals surface area contributed by atoms with E-state index in [0.717, 1.165) is 26.6 Å². The van der Waals surface area contributed by atoms with Gasteiger partial charge in [-0.2, -0.15) is 5.10 Å². The number of aromatic nitrogens is 1. The Kier molecular flexibility index (Phi) is 4.40. The number of anilines is 1. The SMILES string of the molecule is NC(=O)CN1Cc2sc(-c3cccc(Cl)c3)cc2C(Nc2cc[nH]c2)=N1. The summed E-state index contributed by atoms with van der Waals surface area (Å²) in [7, 11) is 0. The zero-order valence-corrected chi connectivity index (χ0v) is 15.3. The Labute approximate surface area is 159 Å². The van der Waals surface area contributed by atoms with Crippen molar-refractivity contribution in [1.29, 1.82) is 0 Å². The molecule has 2 aromatic heterocycles. The molecule has 0 atom stereocenters. The molecule has 0 aliphatic carbocycles. The van der Waals surface area contributed by atoms with Crippen LogP contribution in [0.25, 0.3) is 10.4 Å². The molecule has 26 heavy (non-hydrogen) atoms. The Balaban J connectivity index is 1.72. The smallest absolute Gasteiger partial charge is 0.238 e. The van der Waals surface area contributed by atoms with Gasteiger partial charge in [-0.15, -0.1) is 11.3 Å². The number of hydrogen-bond donors (Lipinski definition) is 3. The van der Waals surface area contributed by atoms with Crippen LogP contribution < -0.4 is 11.1 Å². The summed E-state index contributed by atoms with van der Waals surface area (Å²) in [6, 6.07) is 11.8. The van der Waals surface area contributed by atoms with E-state index < -0.39 is 5.91 Å². The first-order chi connectivity index (χ1) is 12.6. The zero-order valence-electron chi connectivity index (χ0n) is 13.7. The molecule has 132 valence electrons. The molecule has 1 aromatic carbocycles. The van der Waals surface area contributed by atoms with Crippen molar-refractivity contribution in [3.05, 3.63) is 64.3 Å². The third kappa shape index (κ3) is 3.44. The first kappa shape index (κ1) is 16.7. The minimum absolute atomic E-state index is 0.0716. The van der Waals surface area contributed by atoms with Gasteiger partial charge in [0.15, 0.2) is 5.84 Å². The van der Waals surface area contributed by atoms with Gasteiger partial charge in [0.1, 0.15) is 6.54 Å². The lowest BCUT2D eigenvalue weighted by atomic mass is 10.1. The van der Waals surface area contributed by atoms with E-state index in [1.165, 1.54) is 0 Å². The number of rotatable bonds is 4. The van der Waals surface area contributed by atoms with Crippen molar-refractivity contribution in [2.45, 2.75) is 6.54 Å². The highest BCUT2D eigenvalue weighted by Crippen LogP contribution is 2.35. The average molecular weight is 386 g/mol.